The number of likely N-dealkylation sites (tertiary alicyclic amines) is 1. The summed E-state index contributed by atoms with van der Waals surface area (Å²) in [5, 5.41) is 4.17. The molecule has 6 heteroatoms. The van der Waals surface area contributed by atoms with Gasteiger partial charge in [0, 0.05) is 24.9 Å². The molecular formula is C20H28N4OS. The molecule has 140 valence electrons. The third-order valence-electron chi connectivity index (χ3n) is 4.87. The SMILES string of the molecule is Cc1nc(C(C)C)sc1C(=O)NC[C@H](c1cccnc1)N1CCCCC1. The zero-order valence-electron chi connectivity index (χ0n) is 15.9. The Kier molecular flexibility index (Phi) is 6.38. The van der Waals surface area contributed by atoms with Crippen molar-refractivity contribution in [2.75, 3.05) is 19.6 Å². The number of hydrogen-bond acceptors (Lipinski definition) is 5. The van der Waals surface area contributed by atoms with E-state index in [9.17, 15) is 4.79 Å². The van der Waals surface area contributed by atoms with Crippen LogP contribution in [0.2, 0.25) is 0 Å². The Morgan fingerprint density at radius 1 is 1.31 bits per heavy atom. The highest BCUT2D eigenvalue weighted by molar-refractivity contribution is 7.13. The third-order valence-corrected chi connectivity index (χ3v) is 6.33. The smallest absolute Gasteiger partial charge is 0.263 e. The maximum absolute atomic E-state index is 12.7. The summed E-state index contributed by atoms with van der Waals surface area (Å²) in [5.41, 5.74) is 1.99. The van der Waals surface area contributed by atoms with Crippen molar-refractivity contribution in [2.24, 2.45) is 0 Å². The first-order valence-electron chi connectivity index (χ1n) is 9.45. The van der Waals surface area contributed by atoms with Gasteiger partial charge in [0.2, 0.25) is 0 Å². The van der Waals surface area contributed by atoms with Crippen molar-refractivity contribution in [2.45, 2.75) is 52.0 Å². The predicted octanol–water partition coefficient (Wildman–Crippen LogP) is 3.93. The second-order valence-corrected chi connectivity index (χ2v) is 8.26. The molecule has 0 unspecified atom stereocenters. The van der Waals surface area contributed by atoms with E-state index in [0.29, 0.717) is 12.5 Å². The maximum atomic E-state index is 12.7. The fraction of sp³-hybridized carbons (Fsp3) is 0.550. The highest BCUT2D eigenvalue weighted by Crippen LogP contribution is 2.26. The molecule has 1 aliphatic rings. The molecule has 3 heterocycles. The third kappa shape index (κ3) is 4.48. The monoisotopic (exact) mass is 372 g/mol. The van der Waals surface area contributed by atoms with E-state index >= 15 is 0 Å². The average molecular weight is 373 g/mol. The molecule has 2 aromatic rings. The lowest BCUT2D eigenvalue weighted by molar-refractivity contribution is 0.0927. The van der Waals surface area contributed by atoms with Crippen LogP contribution in [0.15, 0.2) is 24.5 Å². The van der Waals surface area contributed by atoms with E-state index < -0.39 is 0 Å². The number of pyridine rings is 1. The van der Waals surface area contributed by atoms with Crippen LogP contribution in [0.25, 0.3) is 0 Å². The minimum Gasteiger partial charge on any atom is -0.349 e. The Morgan fingerprint density at radius 2 is 2.08 bits per heavy atom. The van der Waals surface area contributed by atoms with E-state index in [1.165, 1.54) is 36.2 Å². The van der Waals surface area contributed by atoms with E-state index in [2.05, 4.69) is 40.1 Å². The van der Waals surface area contributed by atoms with Gasteiger partial charge in [-0.25, -0.2) is 4.98 Å². The molecule has 0 bridgehead atoms. The normalized spacial score (nSPS) is 16.6. The number of nitrogens with zero attached hydrogens (tertiary/aromatic N) is 3. The molecule has 0 aromatic carbocycles. The number of thiazole rings is 1. The van der Waals surface area contributed by atoms with Crippen LogP contribution in [0.3, 0.4) is 0 Å². The van der Waals surface area contributed by atoms with Crippen molar-refractivity contribution in [1.29, 1.82) is 0 Å². The predicted molar refractivity (Wildman–Crippen MR) is 106 cm³/mol. The Morgan fingerprint density at radius 3 is 2.69 bits per heavy atom. The molecular weight excluding hydrogens is 344 g/mol. The Bertz CT molecular complexity index is 723. The minimum absolute atomic E-state index is 0.0159. The second kappa shape index (κ2) is 8.73. The second-order valence-electron chi connectivity index (χ2n) is 7.23. The molecule has 1 fully saturated rings. The van der Waals surface area contributed by atoms with Crippen LogP contribution in [-0.4, -0.2) is 40.4 Å². The summed E-state index contributed by atoms with van der Waals surface area (Å²) in [7, 11) is 0. The van der Waals surface area contributed by atoms with Gasteiger partial charge in [0.15, 0.2) is 0 Å². The quantitative estimate of drug-likeness (QED) is 0.835. The van der Waals surface area contributed by atoms with E-state index in [4.69, 9.17) is 0 Å². The van der Waals surface area contributed by atoms with Crippen molar-refractivity contribution in [1.82, 2.24) is 20.2 Å². The molecule has 1 N–H and O–H groups in total. The minimum atomic E-state index is -0.0159. The van der Waals surface area contributed by atoms with Gasteiger partial charge in [-0.1, -0.05) is 26.3 Å². The zero-order chi connectivity index (χ0) is 18.5. The topological polar surface area (TPSA) is 58.1 Å². The van der Waals surface area contributed by atoms with Crippen LogP contribution in [0, 0.1) is 6.92 Å². The average Bonchev–Trinajstić information content (AvgIpc) is 3.06. The van der Waals surface area contributed by atoms with Crippen LogP contribution in [-0.2, 0) is 0 Å². The van der Waals surface area contributed by atoms with Crippen LogP contribution in [0.5, 0.6) is 0 Å². The largest absolute Gasteiger partial charge is 0.349 e. The van der Waals surface area contributed by atoms with Gasteiger partial charge in [0.25, 0.3) is 5.91 Å². The molecule has 26 heavy (non-hydrogen) atoms. The molecule has 2 aromatic heterocycles. The van der Waals surface area contributed by atoms with Crippen LogP contribution >= 0.6 is 11.3 Å². The van der Waals surface area contributed by atoms with E-state index in [-0.39, 0.29) is 11.9 Å². The summed E-state index contributed by atoms with van der Waals surface area (Å²) in [6.07, 6.45) is 7.44. The van der Waals surface area contributed by atoms with Gasteiger partial charge in [0.1, 0.15) is 4.88 Å². The van der Waals surface area contributed by atoms with E-state index in [1.54, 1.807) is 6.20 Å². The lowest BCUT2D eigenvalue weighted by Gasteiger charge is -2.34. The molecule has 0 aliphatic carbocycles. The van der Waals surface area contributed by atoms with Gasteiger partial charge in [0.05, 0.1) is 16.7 Å². The standard InChI is InChI=1S/C20H28N4OS/c1-14(2)20-23-15(3)18(26-20)19(25)22-13-17(16-8-7-9-21-12-16)24-10-5-4-6-11-24/h7-9,12,14,17H,4-6,10-11,13H2,1-3H3,(H,22,25)/t17-/m1/s1. The van der Waals surface area contributed by atoms with Crippen molar-refractivity contribution in [3.05, 3.63) is 45.7 Å². The summed E-state index contributed by atoms with van der Waals surface area (Å²) in [6.45, 7) is 8.88. The lowest BCUT2D eigenvalue weighted by atomic mass is 10.0. The number of hydrogen-bond donors (Lipinski definition) is 1. The number of aromatic nitrogens is 2. The molecule has 0 radical (unpaired) electrons. The molecule has 3 rings (SSSR count). The molecule has 1 aliphatic heterocycles. The zero-order valence-corrected chi connectivity index (χ0v) is 16.7. The number of nitrogens with one attached hydrogen (secondary N) is 1. The number of carbonyl (C=O) groups excluding carboxylic acids is 1. The van der Waals surface area contributed by atoms with Gasteiger partial charge in [-0.2, -0.15) is 0 Å². The lowest BCUT2D eigenvalue weighted by Crippen LogP contribution is -2.40. The van der Waals surface area contributed by atoms with Crippen LogP contribution in [0.4, 0.5) is 0 Å². The summed E-state index contributed by atoms with van der Waals surface area (Å²) >= 11 is 1.51. The first-order valence-corrected chi connectivity index (χ1v) is 10.3. The van der Waals surface area contributed by atoms with Crippen LogP contribution < -0.4 is 5.32 Å². The summed E-state index contributed by atoms with van der Waals surface area (Å²) in [5.74, 6) is 0.328. The number of aryl methyl sites for hydroxylation is 1. The van der Waals surface area contributed by atoms with Crippen LogP contribution in [0.1, 0.15) is 71.0 Å². The number of piperidine rings is 1. The van der Waals surface area contributed by atoms with Gasteiger partial charge < -0.3 is 5.32 Å². The number of rotatable bonds is 6. The van der Waals surface area contributed by atoms with Crippen molar-refractivity contribution >= 4 is 17.2 Å². The maximum Gasteiger partial charge on any atom is 0.263 e. The van der Waals surface area contributed by atoms with Gasteiger partial charge in [-0.15, -0.1) is 11.3 Å². The first kappa shape index (κ1) is 19.0. The first-order chi connectivity index (χ1) is 12.6. The fourth-order valence-electron chi connectivity index (χ4n) is 3.41. The molecule has 1 saturated heterocycles. The van der Waals surface area contributed by atoms with E-state index in [1.807, 2.05) is 19.2 Å². The Labute approximate surface area is 159 Å². The highest BCUT2D eigenvalue weighted by Gasteiger charge is 2.24. The highest BCUT2D eigenvalue weighted by atomic mass is 32.1. The molecule has 0 spiro atoms. The summed E-state index contributed by atoms with van der Waals surface area (Å²) in [6, 6.07) is 4.25. The number of amides is 1. The summed E-state index contributed by atoms with van der Waals surface area (Å²) < 4.78 is 0. The number of carbonyl (C=O) groups is 1. The molecule has 5 nitrogen and oxygen atoms in total. The van der Waals surface area contributed by atoms with Crippen molar-refractivity contribution in [3.63, 3.8) is 0 Å². The molecule has 1 amide bonds. The fourth-order valence-corrected chi connectivity index (χ4v) is 4.39. The molecule has 1 atom stereocenters. The summed E-state index contributed by atoms with van der Waals surface area (Å²) in [4.78, 5) is 24.8. The van der Waals surface area contributed by atoms with Gasteiger partial charge >= 0.3 is 0 Å². The Hall–Kier alpha value is -1.79. The van der Waals surface area contributed by atoms with Crippen molar-refractivity contribution < 1.29 is 4.79 Å². The molecule has 0 saturated carbocycles. The Balaban J connectivity index is 1.72. The van der Waals surface area contributed by atoms with Gasteiger partial charge in [-0.3, -0.25) is 14.7 Å². The van der Waals surface area contributed by atoms with E-state index in [0.717, 1.165) is 28.7 Å². The van der Waals surface area contributed by atoms with Gasteiger partial charge in [-0.05, 0) is 44.5 Å². The van der Waals surface area contributed by atoms with Crippen molar-refractivity contribution in [3.8, 4) is 0 Å².